The van der Waals surface area contributed by atoms with Crippen molar-refractivity contribution in [2.45, 2.75) is 39.7 Å². The van der Waals surface area contributed by atoms with E-state index in [-0.39, 0.29) is 0 Å². The molecule has 0 amide bonds. The van der Waals surface area contributed by atoms with E-state index >= 15 is 0 Å². The number of pyridine rings is 1. The Morgan fingerprint density at radius 1 is 1.30 bits per heavy atom. The van der Waals surface area contributed by atoms with Crippen LogP contribution in [0.5, 0.6) is 0 Å². The third-order valence-electron chi connectivity index (χ3n) is 2.94. The van der Waals surface area contributed by atoms with Gasteiger partial charge in [0.05, 0.1) is 5.69 Å². The smallest absolute Gasteiger partial charge is 0.143 e. The summed E-state index contributed by atoms with van der Waals surface area (Å²) in [5.74, 6) is 0. The SMILES string of the molecule is CCCNCc1sc(-c2ncccc2Br)nc1CCC. The summed E-state index contributed by atoms with van der Waals surface area (Å²) in [5.41, 5.74) is 2.16. The van der Waals surface area contributed by atoms with E-state index in [1.165, 1.54) is 10.6 Å². The summed E-state index contributed by atoms with van der Waals surface area (Å²) in [6.45, 7) is 6.33. The predicted octanol–water partition coefficient (Wildman–Crippen LogP) is 4.42. The van der Waals surface area contributed by atoms with Gasteiger partial charge in [-0.15, -0.1) is 11.3 Å². The Kier molecular flexibility index (Phi) is 6.13. The number of hydrogen-bond acceptors (Lipinski definition) is 4. The average Bonchev–Trinajstić information content (AvgIpc) is 2.83. The molecular weight excluding hydrogens is 334 g/mol. The van der Waals surface area contributed by atoms with Gasteiger partial charge in [-0.05, 0) is 47.4 Å². The fraction of sp³-hybridized carbons (Fsp3) is 0.467. The van der Waals surface area contributed by atoms with Crippen molar-refractivity contribution in [3.8, 4) is 10.7 Å². The topological polar surface area (TPSA) is 37.8 Å². The van der Waals surface area contributed by atoms with Gasteiger partial charge in [0.25, 0.3) is 0 Å². The molecule has 2 aromatic rings. The molecule has 0 aliphatic rings. The van der Waals surface area contributed by atoms with Crippen molar-refractivity contribution < 1.29 is 0 Å². The first-order valence-corrected chi connectivity index (χ1v) is 8.67. The minimum absolute atomic E-state index is 0.908. The fourth-order valence-corrected chi connectivity index (χ4v) is 3.64. The highest BCUT2D eigenvalue weighted by molar-refractivity contribution is 9.10. The Morgan fingerprint density at radius 2 is 2.15 bits per heavy atom. The number of thiazole rings is 1. The van der Waals surface area contributed by atoms with Gasteiger partial charge in [-0.1, -0.05) is 20.3 Å². The van der Waals surface area contributed by atoms with E-state index in [1.807, 2.05) is 18.3 Å². The van der Waals surface area contributed by atoms with Crippen LogP contribution in [0.2, 0.25) is 0 Å². The molecule has 20 heavy (non-hydrogen) atoms. The van der Waals surface area contributed by atoms with Crippen LogP contribution in [0, 0.1) is 0 Å². The lowest BCUT2D eigenvalue weighted by atomic mass is 10.2. The molecule has 2 rings (SSSR count). The monoisotopic (exact) mass is 353 g/mol. The van der Waals surface area contributed by atoms with Gasteiger partial charge in [0.2, 0.25) is 0 Å². The van der Waals surface area contributed by atoms with Crippen LogP contribution >= 0.6 is 27.3 Å². The van der Waals surface area contributed by atoms with Gasteiger partial charge in [0.15, 0.2) is 0 Å². The van der Waals surface area contributed by atoms with Crippen LogP contribution in [-0.2, 0) is 13.0 Å². The van der Waals surface area contributed by atoms with Gasteiger partial charge >= 0.3 is 0 Å². The lowest BCUT2D eigenvalue weighted by molar-refractivity contribution is 0.674. The zero-order chi connectivity index (χ0) is 14.4. The van der Waals surface area contributed by atoms with Gasteiger partial charge in [0, 0.05) is 22.1 Å². The summed E-state index contributed by atoms with van der Waals surface area (Å²) >= 11 is 5.31. The Hall–Kier alpha value is -0.780. The van der Waals surface area contributed by atoms with E-state index in [2.05, 4.69) is 40.1 Å². The van der Waals surface area contributed by atoms with Gasteiger partial charge < -0.3 is 5.32 Å². The molecule has 0 unspecified atom stereocenters. The summed E-state index contributed by atoms with van der Waals surface area (Å²) in [6, 6.07) is 3.94. The number of nitrogens with zero attached hydrogens (tertiary/aromatic N) is 2. The van der Waals surface area contributed by atoms with Crippen molar-refractivity contribution in [2.24, 2.45) is 0 Å². The lowest BCUT2D eigenvalue weighted by Crippen LogP contribution is -2.13. The summed E-state index contributed by atoms with van der Waals surface area (Å²) < 4.78 is 1.00. The first-order valence-electron chi connectivity index (χ1n) is 7.06. The molecule has 0 aliphatic carbocycles. The summed E-state index contributed by atoms with van der Waals surface area (Å²) in [4.78, 5) is 10.6. The highest BCUT2D eigenvalue weighted by Crippen LogP contribution is 2.31. The van der Waals surface area contributed by atoms with Crippen molar-refractivity contribution in [1.82, 2.24) is 15.3 Å². The van der Waals surface area contributed by atoms with E-state index in [1.54, 1.807) is 11.3 Å². The number of rotatable bonds is 7. The summed E-state index contributed by atoms with van der Waals surface area (Å²) in [6.07, 6.45) is 5.12. The summed E-state index contributed by atoms with van der Waals surface area (Å²) in [7, 11) is 0. The minimum atomic E-state index is 0.908. The molecule has 2 heterocycles. The first-order chi connectivity index (χ1) is 9.76. The molecule has 0 fully saturated rings. The fourth-order valence-electron chi connectivity index (χ4n) is 1.98. The van der Waals surface area contributed by atoms with Crippen molar-refractivity contribution in [3.63, 3.8) is 0 Å². The highest BCUT2D eigenvalue weighted by Gasteiger charge is 2.14. The molecule has 0 bridgehead atoms. The van der Waals surface area contributed by atoms with Gasteiger partial charge in [-0.3, -0.25) is 4.98 Å². The molecule has 3 nitrogen and oxygen atoms in total. The largest absolute Gasteiger partial charge is 0.312 e. The van der Waals surface area contributed by atoms with Gasteiger partial charge in [-0.2, -0.15) is 0 Å². The predicted molar refractivity (Wildman–Crippen MR) is 89.0 cm³/mol. The maximum atomic E-state index is 4.80. The minimum Gasteiger partial charge on any atom is -0.312 e. The van der Waals surface area contributed by atoms with Crippen LogP contribution in [0.25, 0.3) is 10.7 Å². The van der Waals surface area contributed by atoms with Crippen LogP contribution in [-0.4, -0.2) is 16.5 Å². The molecule has 2 aromatic heterocycles. The maximum Gasteiger partial charge on any atom is 0.143 e. The lowest BCUT2D eigenvalue weighted by Gasteiger charge is -2.02. The molecular formula is C15H20BrN3S. The molecule has 0 aliphatic heterocycles. The third-order valence-corrected chi connectivity index (χ3v) is 4.68. The quantitative estimate of drug-likeness (QED) is 0.748. The molecule has 5 heteroatoms. The Bertz CT molecular complexity index is 554. The number of aromatic nitrogens is 2. The van der Waals surface area contributed by atoms with Gasteiger partial charge in [-0.25, -0.2) is 4.98 Å². The Morgan fingerprint density at radius 3 is 2.85 bits per heavy atom. The van der Waals surface area contributed by atoms with Crippen molar-refractivity contribution in [3.05, 3.63) is 33.4 Å². The second-order valence-corrected chi connectivity index (χ2v) is 6.59. The van der Waals surface area contributed by atoms with Crippen LogP contribution in [0.1, 0.15) is 37.3 Å². The van der Waals surface area contributed by atoms with Crippen LogP contribution in [0.4, 0.5) is 0 Å². The summed E-state index contributed by atoms with van der Waals surface area (Å²) in [5, 5.41) is 4.48. The standard InChI is InChI=1S/C15H20BrN3S/c1-3-6-12-13(10-17-8-4-2)20-15(19-12)14-11(16)7-5-9-18-14/h5,7,9,17H,3-4,6,8,10H2,1-2H3. The maximum absolute atomic E-state index is 4.80. The molecule has 0 spiro atoms. The van der Waals surface area contributed by atoms with Gasteiger partial charge in [0.1, 0.15) is 10.7 Å². The second-order valence-electron chi connectivity index (χ2n) is 4.65. The van der Waals surface area contributed by atoms with Crippen LogP contribution in [0.15, 0.2) is 22.8 Å². The normalized spacial score (nSPS) is 10.9. The van der Waals surface area contributed by atoms with E-state index in [9.17, 15) is 0 Å². The van der Waals surface area contributed by atoms with E-state index in [0.717, 1.165) is 47.5 Å². The number of aryl methyl sites for hydroxylation is 1. The van der Waals surface area contributed by atoms with Crippen molar-refractivity contribution in [1.29, 1.82) is 0 Å². The highest BCUT2D eigenvalue weighted by atomic mass is 79.9. The number of halogens is 1. The zero-order valence-electron chi connectivity index (χ0n) is 11.9. The second kappa shape index (κ2) is 7.86. The van der Waals surface area contributed by atoms with E-state index < -0.39 is 0 Å². The first kappa shape index (κ1) is 15.6. The van der Waals surface area contributed by atoms with Crippen molar-refractivity contribution in [2.75, 3.05) is 6.54 Å². The van der Waals surface area contributed by atoms with E-state index in [4.69, 9.17) is 4.98 Å². The molecule has 0 aromatic carbocycles. The van der Waals surface area contributed by atoms with Crippen LogP contribution in [0.3, 0.4) is 0 Å². The molecule has 108 valence electrons. The number of nitrogens with one attached hydrogen (secondary N) is 1. The number of hydrogen-bond donors (Lipinski definition) is 1. The van der Waals surface area contributed by atoms with Crippen molar-refractivity contribution >= 4 is 27.3 Å². The molecule has 0 saturated carbocycles. The Labute approximate surface area is 133 Å². The Balaban J connectivity index is 2.26. The average molecular weight is 354 g/mol. The molecule has 0 radical (unpaired) electrons. The third kappa shape index (κ3) is 3.87. The zero-order valence-corrected chi connectivity index (χ0v) is 14.4. The molecule has 0 saturated heterocycles. The molecule has 0 atom stereocenters. The van der Waals surface area contributed by atoms with Crippen LogP contribution < -0.4 is 5.32 Å². The molecule has 1 N–H and O–H groups in total. The van der Waals surface area contributed by atoms with E-state index in [0.29, 0.717) is 0 Å².